The first-order valence-corrected chi connectivity index (χ1v) is 11.2. The summed E-state index contributed by atoms with van der Waals surface area (Å²) in [5.41, 5.74) is 3.12. The van der Waals surface area contributed by atoms with E-state index in [1.807, 2.05) is 11.4 Å². The second-order valence-electron chi connectivity index (χ2n) is 7.20. The first-order valence-electron chi connectivity index (χ1n) is 10.3. The van der Waals surface area contributed by atoms with Crippen LogP contribution in [0.1, 0.15) is 20.9 Å². The highest BCUT2D eigenvalue weighted by molar-refractivity contribution is 7.11. The minimum Gasteiger partial charge on any atom is -0.493 e. The summed E-state index contributed by atoms with van der Waals surface area (Å²) in [5.74, 6) is 0.412. The van der Waals surface area contributed by atoms with Crippen molar-refractivity contribution >= 4 is 28.8 Å². The van der Waals surface area contributed by atoms with Crippen molar-refractivity contribution in [2.45, 2.75) is 0 Å². The van der Waals surface area contributed by atoms with E-state index in [0.717, 1.165) is 5.56 Å². The molecule has 4 aromatic rings. The van der Waals surface area contributed by atoms with Crippen molar-refractivity contribution in [1.82, 2.24) is 4.98 Å². The summed E-state index contributed by atoms with van der Waals surface area (Å²) in [7, 11) is 1.51. The Hall–Kier alpha value is -4.28. The number of methoxy groups -OCH3 is 1. The number of nitriles is 1. The molecule has 4 rings (SSSR count). The Balaban J connectivity index is 1.52. The van der Waals surface area contributed by atoms with Crippen LogP contribution in [0.5, 0.6) is 11.5 Å². The second-order valence-corrected chi connectivity index (χ2v) is 8.06. The number of aromatic nitrogens is 1. The predicted molar refractivity (Wildman–Crippen MR) is 130 cm³/mol. The monoisotopic (exact) mass is 470 g/mol. The summed E-state index contributed by atoms with van der Waals surface area (Å²) in [6.45, 7) is -0.121. The van der Waals surface area contributed by atoms with Gasteiger partial charge in [-0.2, -0.15) is 5.26 Å². The third-order valence-corrected chi connectivity index (χ3v) is 5.82. The second kappa shape index (κ2) is 10.6. The minimum atomic E-state index is -0.317. The molecule has 7 heteroatoms. The molecule has 0 fully saturated rings. The highest BCUT2D eigenvalue weighted by atomic mass is 32.1. The van der Waals surface area contributed by atoms with Gasteiger partial charge in [-0.15, -0.1) is 11.3 Å². The maximum absolute atomic E-state index is 13.2. The van der Waals surface area contributed by atoms with Gasteiger partial charge in [0.05, 0.1) is 18.4 Å². The fourth-order valence-electron chi connectivity index (χ4n) is 3.20. The SMILES string of the molecule is COc1cc(/C=C(/C#N)c2nc(-c3ccc(F)cc3)cs2)ccc1OCC(=O)c1ccccc1. The molecule has 0 aliphatic carbocycles. The van der Waals surface area contributed by atoms with E-state index in [-0.39, 0.29) is 18.2 Å². The molecule has 1 aromatic heterocycles. The Kier molecular flexibility index (Phi) is 7.11. The molecule has 5 nitrogen and oxygen atoms in total. The number of rotatable bonds is 8. The van der Waals surface area contributed by atoms with Gasteiger partial charge in [0.25, 0.3) is 0 Å². The maximum Gasteiger partial charge on any atom is 0.200 e. The minimum absolute atomic E-state index is 0.121. The Morgan fingerprint density at radius 2 is 1.85 bits per heavy atom. The number of carbonyl (C=O) groups is 1. The number of nitrogens with zero attached hydrogens (tertiary/aromatic N) is 2. The normalized spacial score (nSPS) is 11.0. The highest BCUT2D eigenvalue weighted by Crippen LogP contribution is 2.31. The van der Waals surface area contributed by atoms with Gasteiger partial charge in [0, 0.05) is 16.5 Å². The van der Waals surface area contributed by atoms with E-state index in [1.54, 1.807) is 60.7 Å². The van der Waals surface area contributed by atoms with Gasteiger partial charge in [-0.25, -0.2) is 9.37 Å². The van der Waals surface area contributed by atoms with Crippen LogP contribution in [0.3, 0.4) is 0 Å². The first kappa shape index (κ1) is 22.9. The number of ether oxygens (including phenoxy) is 2. The van der Waals surface area contributed by atoms with Crippen molar-refractivity contribution in [2.75, 3.05) is 13.7 Å². The third-order valence-electron chi connectivity index (χ3n) is 4.95. The van der Waals surface area contributed by atoms with Crippen LogP contribution in [0.4, 0.5) is 4.39 Å². The van der Waals surface area contributed by atoms with Gasteiger partial charge < -0.3 is 9.47 Å². The average molecular weight is 471 g/mol. The lowest BCUT2D eigenvalue weighted by Crippen LogP contribution is -2.11. The molecular formula is C27H19FN2O3S. The molecule has 0 saturated heterocycles. The Labute approximate surface area is 200 Å². The largest absolute Gasteiger partial charge is 0.493 e. The summed E-state index contributed by atoms with van der Waals surface area (Å²) in [4.78, 5) is 16.8. The van der Waals surface area contributed by atoms with Crippen LogP contribution in [0, 0.1) is 17.1 Å². The zero-order valence-corrected chi connectivity index (χ0v) is 19.0. The van der Waals surface area contributed by atoms with Crippen molar-refractivity contribution in [3.63, 3.8) is 0 Å². The Bertz CT molecular complexity index is 1370. The topological polar surface area (TPSA) is 72.2 Å². The van der Waals surface area contributed by atoms with Crippen LogP contribution in [0.15, 0.2) is 78.2 Å². The number of halogens is 1. The molecule has 0 unspecified atom stereocenters. The zero-order valence-electron chi connectivity index (χ0n) is 18.2. The first-order chi connectivity index (χ1) is 16.6. The highest BCUT2D eigenvalue weighted by Gasteiger charge is 2.12. The predicted octanol–water partition coefficient (Wildman–Crippen LogP) is 6.28. The van der Waals surface area contributed by atoms with Gasteiger partial charge >= 0.3 is 0 Å². The van der Waals surface area contributed by atoms with Crippen LogP contribution in [0.2, 0.25) is 0 Å². The molecule has 0 amide bonds. The molecule has 1 heterocycles. The van der Waals surface area contributed by atoms with Crippen molar-refractivity contribution in [2.24, 2.45) is 0 Å². The van der Waals surface area contributed by atoms with Crippen LogP contribution in [0.25, 0.3) is 22.9 Å². The zero-order chi connectivity index (χ0) is 23.9. The molecule has 0 saturated carbocycles. The summed E-state index contributed by atoms with van der Waals surface area (Å²) < 4.78 is 24.3. The molecular weight excluding hydrogens is 451 g/mol. The van der Waals surface area contributed by atoms with Gasteiger partial charge in [-0.3, -0.25) is 4.79 Å². The fourth-order valence-corrected chi connectivity index (χ4v) is 4.00. The van der Waals surface area contributed by atoms with Gasteiger partial charge in [0.1, 0.15) is 16.9 Å². The molecule has 0 spiro atoms. The molecule has 3 aromatic carbocycles. The quantitative estimate of drug-likeness (QED) is 0.224. The Morgan fingerprint density at radius 3 is 2.56 bits per heavy atom. The lowest BCUT2D eigenvalue weighted by molar-refractivity contribution is 0.0919. The number of ketones is 1. The lowest BCUT2D eigenvalue weighted by atomic mass is 10.1. The average Bonchev–Trinajstić information content (AvgIpc) is 3.37. The molecule has 0 N–H and O–H groups in total. The molecule has 168 valence electrons. The number of thiazole rings is 1. The number of allylic oxidation sites excluding steroid dienone is 1. The van der Waals surface area contributed by atoms with Crippen LogP contribution in [-0.4, -0.2) is 24.5 Å². The van der Waals surface area contributed by atoms with E-state index in [9.17, 15) is 14.4 Å². The van der Waals surface area contributed by atoms with Crippen molar-refractivity contribution in [3.05, 3.63) is 100 Å². The summed E-state index contributed by atoms with van der Waals surface area (Å²) >= 11 is 1.33. The summed E-state index contributed by atoms with van der Waals surface area (Å²) in [6.07, 6.45) is 1.70. The van der Waals surface area contributed by atoms with E-state index >= 15 is 0 Å². The van der Waals surface area contributed by atoms with Crippen LogP contribution in [-0.2, 0) is 0 Å². The molecule has 0 bridgehead atoms. The van der Waals surface area contributed by atoms with Gasteiger partial charge in [0.2, 0.25) is 0 Å². The number of Topliss-reactive ketones (excluding diaryl/α,β-unsaturated/α-hetero) is 1. The fraction of sp³-hybridized carbons (Fsp3) is 0.0741. The van der Waals surface area contributed by atoms with Crippen molar-refractivity contribution in [1.29, 1.82) is 5.26 Å². The number of benzene rings is 3. The number of hydrogen-bond acceptors (Lipinski definition) is 6. The van der Waals surface area contributed by atoms with E-state index in [2.05, 4.69) is 11.1 Å². The van der Waals surface area contributed by atoms with Gasteiger partial charge in [0.15, 0.2) is 23.9 Å². The molecule has 0 aliphatic heterocycles. The van der Waals surface area contributed by atoms with Crippen molar-refractivity contribution in [3.8, 4) is 28.8 Å². The van der Waals surface area contributed by atoms with E-state index in [0.29, 0.717) is 38.9 Å². The Morgan fingerprint density at radius 1 is 1.09 bits per heavy atom. The molecule has 34 heavy (non-hydrogen) atoms. The van der Waals surface area contributed by atoms with Crippen LogP contribution >= 0.6 is 11.3 Å². The third kappa shape index (κ3) is 5.37. The number of hydrogen-bond donors (Lipinski definition) is 0. The summed E-state index contributed by atoms with van der Waals surface area (Å²) in [5, 5.41) is 12.1. The molecule has 0 radical (unpaired) electrons. The van der Waals surface area contributed by atoms with E-state index < -0.39 is 0 Å². The van der Waals surface area contributed by atoms with E-state index in [1.165, 1.54) is 30.6 Å². The van der Waals surface area contributed by atoms with Crippen molar-refractivity contribution < 1.29 is 18.7 Å². The van der Waals surface area contributed by atoms with Gasteiger partial charge in [-0.05, 0) is 48.0 Å². The van der Waals surface area contributed by atoms with E-state index in [4.69, 9.17) is 9.47 Å². The van der Waals surface area contributed by atoms with Crippen LogP contribution < -0.4 is 9.47 Å². The smallest absolute Gasteiger partial charge is 0.200 e. The maximum atomic E-state index is 13.2. The molecule has 0 atom stereocenters. The molecule has 0 aliphatic rings. The standard InChI is InChI=1S/C27H19FN2O3S/c1-32-26-14-18(7-12-25(26)33-16-24(31)20-5-3-2-4-6-20)13-21(15-29)27-30-23(17-34-27)19-8-10-22(28)11-9-19/h2-14,17H,16H2,1H3/b21-13-. The lowest BCUT2D eigenvalue weighted by Gasteiger charge is -2.11. The van der Waals surface area contributed by atoms with Gasteiger partial charge in [-0.1, -0.05) is 36.4 Å². The number of carbonyl (C=O) groups excluding carboxylic acids is 1. The summed E-state index contributed by atoms with van der Waals surface area (Å²) in [6, 6.07) is 22.3.